The zero-order chi connectivity index (χ0) is 19.7. The van der Waals surface area contributed by atoms with Gasteiger partial charge in [-0.25, -0.2) is 0 Å². The number of carbonyl (C=O) groups is 2. The predicted octanol–water partition coefficient (Wildman–Crippen LogP) is 4.39. The Morgan fingerprint density at radius 1 is 1.19 bits per heavy atom. The summed E-state index contributed by atoms with van der Waals surface area (Å²) in [5, 5.41) is 3.04. The molecule has 1 heterocycles. The fourth-order valence-electron chi connectivity index (χ4n) is 2.53. The van der Waals surface area contributed by atoms with Crippen LogP contribution in [0.15, 0.2) is 42.0 Å². The molecule has 0 atom stereocenters. The fourth-order valence-corrected chi connectivity index (χ4v) is 5.25. The van der Waals surface area contributed by atoms with Gasteiger partial charge in [-0.15, -0.1) is 0 Å². The third-order valence-electron chi connectivity index (χ3n) is 3.70. The van der Waals surface area contributed by atoms with Crippen LogP contribution in [0.1, 0.15) is 5.56 Å². The number of benzene rings is 2. The summed E-state index contributed by atoms with van der Waals surface area (Å²) in [4.78, 5) is 26.6. The van der Waals surface area contributed by atoms with Gasteiger partial charge in [-0.3, -0.25) is 19.8 Å². The third-order valence-corrected chi connectivity index (χ3v) is 5.83. The number of ether oxygens (including phenoxy) is 1. The van der Waals surface area contributed by atoms with Gasteiger partial charge >= 0.3 is 0 Å². The highest BCUT2D eigenvalue weighted by molar-refractivity contribution is 14.1. The van der Waals surface area contributed by atoms with E-state index in [0.29, 0.717) is 16.3 Å². The van der Waals surface area contributed by atoms with Crippen LogP contribution >= 0.6 is 69.0 Å². The van der Waals surface area contributed by atoms with Crippen molar-refractivity contribution in [2.45, 2.75) is 0 Å². The molecule has 0 bridgehead atoms. The lowest BCUT2D eigenvalue weighted by Gasteiger charge is -2.29. The first kappa shape index (κ1) is 20.5. The first-order valence-corrected chi connectivity index (χ1v) is 10.5. The van der Waals surface area contributed by atoms with Gasteiger partial charge in [0.2, 0.25) is 0 Å². The molecule has 138 valence electrons. The molecule has 27 heavy (non-hydrogen) atoms. The van der Waals surface area contributed by atoms with Gasteiger partial charge < -0.3 is 4.74 Å². The number of hydrogen-bond donors (Lipinski definition) is 1. The van der Waals surface area contributed by atoms with Crippen molar-refractivity contribution in [3.05, 3.63) is 59.7 Å². The van der Waals surface area contributed by atoms with E-state index in [2.05, 4.69) is 50.5 Å². The molecule has 0 aliphatic carbocycles. The van der Waals surface area contributed by atoms with E-state index in [4.69, 9.17) is 28.6 Å². The topological polar surface area (TPSA) is 58.6 Å². The van der Waals surface area contributed by atoms with Crippen molar-refractivity contribution < 1.29 is 14.3 Å². The maximum absolute atomic E-state index is 13.0. The van der Waals surface area contributed by atoms with E-state index in [0.717, 1.165) is 12.9 Å². The minimum Gasteiger partial charge on any atom is -0.495 e. The molecule has 0 radical (unpaired) electrons. The second-order valence-electron chi connectivity index (χ2n) is 5.46. The predicted molar refractivity (Wildman–Crippen MR) is 126 cm³/mol. The van der Waals surface area contributed by atoms with E-state index in [9.17, 15) is 9.59 Å². The zero-order valence-electron chi connectivity index (χ0n) is 13.8. The zero-order valence-corrected chi connectivity index (χ0v) is 19.6. The Hall–Kier alpha value is -1.24. The lowest BCUT2D eigenvalue weighted by atomic mass is 10.1. The highest BCUT2D eigenvalue weighted by atomic mass is 127. The molecular formula is C18H11ClI2N2O3S. The Bertz CT molecular complexity index is 987. The minimum atomic E-state index is -0.538. The SMILES string of the molecule is COc1c(I)cc(/C=C2\C(=O)NC(=S)N(c3cccc(Cl)c3)C2=O)cc1I. The number of thiocarbonyl (C=S) groups is 1. The maximum Gasteiger partial charge on any atom is 0.270 e. The maximum atomic E-state index is 13.0. The molecule has 0 spiro atoms. The molecule has 2 aromatic carbocycles. The Balaban J connectivity index is 2.04. The smallest absolute Gasteiger partial charge is 0.270 e. The summed E-state index contributed by atoms with van der Waals surface area (Å²) in [6.45, 7) is 0. The summed E-state index contributed by atoms with van der Waals surface area (Å²) in [5.41, 5.74) is 1.18. The van der Waals surface area contributed by atoms with Crippen molar-refractivity contribution in [1.82, 2.24) is 5.32 Å². The van der Waals surface area contributed by atoms with Crippen molar-refractivity contribution in [2.24, 2.45) is 0 Å². The van der Waals surface area contributed by atoms with Crippen LogP contribution in [0.5, 0.6) is 5.75 Å². The molecule has 1 aliphatic heterocycles. The van der Waals surface area contributed by atoms with Crippen LogP contribution in [-0.4, -0.2) is 24.0 Å². The molecule has 3 rings (SSSR count). The first-order valence-electron chi connectivity index (χ1n) is 7.52. The van der Waals surface area contributed by atoms with Crippen LogP contribution in [0.4, 0.5) is 5.69 Å². The van der Waals surface area contributed by atoms with E-state index < -0.39 is 11.8 Å². The molecule has 0 saturated carbocycles. The summed E-state index contributed by atoms with van der Waals surface area (Å²) in [7, 11) is 1.60. The van der Waals surface area contributed by atoms with Gasteiger partial charge in [0.05, 0.1) is 19.9 Å². The molecule has 1 saturated heterocycles. The van der Waals surface area contributed by atoms with E-state index >= 15 is 0 Å². The standard InChI is InChI=1S/C18H11ClI2N2O3S/c1-26-15-13(20)6-9(7-14(15)21)5-12-16(24)22-18(27)23(17(12)25)11-4-2-3-10(19)8-11/h2-8H,1H3,(H,22,24,27)/b12-5+. The molecule has 9 heteroatoms. The number of carbonyl (C=O) groups excluding carboxylic acids is 2. The number of amides is 2. The molecule has 0 unspecified atom stereocenters. The van der Waals surface area contributed by atoms with Crippen LogP contribution < -0.4 is 15.0 Å². The lowest BCUT2D eigenvalue weighted by molar-refractivity contribution is -0.122. The van der Waals surface area contributed by atoms with Gasteiger partial charge in [0.15, 0.2) is 5.11 Å². The Morgan fingerprint density at radius 2 is 1.85 bits per heavy atom. The number of rotatable bonds is 3. The monoisotopic (exact) mass is 624 g/mol. The van der Waals surface area contributed by atoms with Gasteiger partial charge in [0.1, 0.15) is 11.3 Å². The lowest BCUT2D eigenvalue weighted by Crippen LogP contribution is -2.54. The van der Waals surface area contributed by atoms with E-state index in [-0.39, 0.29) is 10.7 Å². The highest BCUT2D eigenvalue weighted by Gasteiger charge is 2.34. The summed E-state index contributed by atoms with van der Waals surface area (Å²) in [5.74, 6) is -0.296. The molecule has 1 N–H and O–H groups in total. The Kier molecular flexibility index (Phi) is 6.39. The molecule has 1 fully saturated rings. The normalized spacial score (nSPS) is 15.9. The summed E-state index contributed by atoms with van der Waals surface area (Å²) in [6.07, 6.45) is 1.54. The molecule has 2 aromatic rings. The number of anilines is 1. The largest absolute Gasteiger partial charge is 0.495 e. The van der Waals surface area contributed by atoms with Gasteiger partial charge in [-0.2, -0.15) is 0 Å². The second-order valence-corrected chi connectivity index (χ2v) is 8.60. The van der Waals surface area contributed by atoms with Crippen LogP contribution in [0.2, 0.25) is 5.02 Å². The van der Waals surface area contributed by atoms with Crippen LogP contribution in [0, 0.1) is 7.14 Å². The van der Waals surface area contributed by atoms with Gasteiger partial charge in [0.25, 0.3) is 11.8 Å². The number of nitrogens with one attached hydrogen (secondary N) is 1. The van der Waals surface area contributed by atoms with Gasteiger partial charge in [-0.1, -0.05) is 17.7 Å². The van der Waals surface area contributed by atoms with Gasteiger partial charge in [0, 0.05) is 5.02 Å². The van der Waals surface area contributed by atoms with Crippen LogP contribution in [0.25, 0.3) is 6.08 Å². The second kappa shape index (κ2) is 8.41. The average Bonchev–Trinajstić information content (AvgIpc) is 2.58. The highest BCUT2D eigenvalue weighted by Crippen LogP contribution is 2.30. The van der Waals surface area contributed by atoms with E-state index in [1.807, 2.05) is 12.1 Å². The third kappa shape index (κ3) is 4.28. The van der Waals surface area contributed by atoms with Crippen molar-refractivity contribution in [3.63, 3.8) is 0 Å². The van der Waals surface area contributed by atoms with Crippen LogP contribution in [0.3, 0.4) is 0 Å². The first-order chi connectivity index (χ1) is 12.8. The fraction of sp³-hybridized carbons (Fsp3) is 0.0556. The van der Waals surface area contributed by atoms with E-state index in [1.54, 1.807) is 37.5 Å². The quantitative estimate of drug-likeness (QED) is 0.238. The van der Waals surface area contributed by atoms with Gasteiger partial charge in [-0.05, 0) is 99.4 Å². The van der Waals surface area contributed by atoms with Crippen molar-refractivity contribution in [2.75, 3.05) is 12.0 Å². The molecule has 0 aromatic heterocycles. The Morgan fingerprint density at radius 3 is 2.44 bits per heavy atom. The molecular weight excluding hydrogens is 614 g/mol. The van der Waals surface area contributed by atoms with Crippen molar-refractivity contribution >= 4 is 97.7 Å². The number of nitrogens with zero attached hydrogens (tertiary/aromatic N) is 1. The number of hydrogen-bond acceptors (Lipinski definition) is 4. The van der Waals surface area contributed by atoms with Crippen molar-refractivity contribution in [1.29, 1.82) is 0 Å². The average molecular weight is 625 g/mol. The number of halogens is 3. The molecule has 5 nitrogen and oxygen atoms in total. The summed E-state index contributed by atoms with van der Waals surface area (Å²) < 4.78 is 7.09. The summed E-state index contributed by atoms with van der Waals surface area (Å²) >= 11 is 15.5. The van der Waals surface area contributed by atoms with Crippen molar-refractivity contribution in [3.8, 4) is 5.75 Å². The molecule has 1 aliphatic rings. The summed E-state index contributed by atoms with van der Waals surface area (Å²) in [6, 6.07) is 10.4. The van der Waals surface area contributed by atoms with E-state index in [1.165, 1.54) is 4.90 Å². The Labute approximate surface area is 193 Å². The number of methoxy groups -OCH3 is 1. The minimum absolute atomic E-state index is 0.0136. The van der Waals surface area contributed by atoms with Crippen LogP contribution in [-0.2, 0) is 9.59 Å². The molecule has 2 amide bonds.